The van der Waals surface area contributed by atoms with Gasteiger partial charge in [0.05, 0.1) is 12.8 Å². The lowest BCUT2D eigenvalue weighted by Crippen LogP contribution is -2.48. The fourth-order valence-electron chi connectivity index (χ4n) is 3.83. The van der Waals surface area contributed by atoms with E-state index in [9.17, 15) is 14.4 Å². The number of carbonyl (C=O) groups is 3. The van der Waals surface area contributed by atoms with Crippen molar-refractivity contribution in [1.82, 2.24) is 10.3 Å². The number of rotatable bonds is 4. The zero-order chi connectivity index (χ0) is 22.2. The van der Waals surface area contributed by atoms with Gasteiger partial charge in [-0.2, -0.15) is 5.01 Å². The Balaban J connectivity index is 1.77. The van der Waals surface area contributed by atoms with Crippen LogP contribution in [0.5, 0.6) is 5.75 Å². The number of hydrazone groups is 1. The molecule has 0 saturated carbocycles. The van der Waals surface area contributed by atoms with E-state index in [0.717, 1.165) is 22.3 Å². The second kappa shape index (κ2) is 8.07. The molecule has 31 heavy (non-hydrogen) atoms. The molecule has 0 saturated heterocycles. The van der Waals surface area contributed by atoms with Crippen molar-refractivity contribution in [2.24, 2.45) is 5.10 Å². The number of benzene rings is 2. The first-order chi connectivity index (χ1) is 14.9. The summed E-state index contributed by atoms with van der Waals surface area (Å²) in [6, 6.07) is 15.2. The predicted molar refractivity (Wildman–Crippen MR) is 119 cm³/mol. The Labute approximate surface area is 184 Å². The van der Waals surface area contributed by atoms with Crippen molar-refractivity contribution >= 4 is 40.3 Å². The van der Waals surface area contributed by atoms with Gasteiger partial charge in [0.2, 0.25) is 16.7 Å². The van der Waals surface area contributed by atoms with Crippen LogP contribution in [0.4, 0.5) is 5.69 Å². The van der Waals surface area contributed by atoms with Crippen molar-refractivity contribution in [1.29, 1.82) is 0 Å². The molecule has 0 aromatic heterocycles. The predicted octanol–water partition coefficient (Wildman–Crippen LogP) is 2.44. The third kappa shape index (κ3) is 3.54. The van der Waals surface area contributed by atoms with Crippen LogP contribution in [0.3, 0.4) is 0 Å². The molecule has 1 atom stereocenters. The van der Waals surface area contributed by atoms with Crippen LogP contribution in [0.25, 0.3) is 0 Å². The maximum absolute atomic E-state index is 13.8. The van der Waals surface area contributed by atoms with E-state index in [1.807, 2.05) is 36.4 Å². The molecule has 8 nitrogen and oxygen atoms in total. The van der Waals surface area contributed by atoms with E-state index in [1.165, 1.54) is 13.8 Å². The monoisotopic (exact) mass is 438 g/mol. The molecule has 160 valence electrons. The summed E-state index contributed by atoms with van der Waals surface area (Å²) in [5.41, 5.74) is 2.40. The van der Waals surface area contributed by atoms with Gasteiger partial charge in [-0.05, 0) is 41.9 Å². The minimum Gasteiger partial charge on any atom is -0.497 e. The van der Waals surface area contributed by atoms with Crippen molar-refractivity contribution in [2.75, 3.05) is 18.6 Å². The smallest absolute Gasteiger partial charge is 0.270 e. The Kier molecular flexibility index (Phi) is 5.45. The Morgan fingerprint density at radius 1 is 1.16 bits per heavy atom. The van der Waals surface area contributed by atoms with Crippen LogP contribution < -0.4 is 15.0 Å². The number of nitrogens with zero attached hydrogens (tertiary/aromatic N) is 3. The minimum absolute atomic E-state index is 0.203. The first-order valence-electron chi connectivity index (χ1n) is 9.77. The van der Waals surface area contributed by atoms with E-state index >= 15 is 0 Å². The Bertz CT molecular complexity index is 1090. The summed E-state index contributed by atoms with van der Waals surface area (Å²) in [6.07, 6.45) is 0.651. The molecule has 9 heteroatoms. The van der Waals surface area contributed by atoms with Gasteiger partial charge in [-0.3, -0.25) is 14.4 Å². The average Bonchev–Trinajstić information content (AvgIpc) is 3.24. The van der Waals surface area contributed by atoms with Crippen molar-refractivity contribution in [3.05, 3.63) is 59.7 Å². The fraction of sp³-hybridized carbons (Fsp3) is 0.273. The largest absolute Gasteiger partial charge is 0.497 e. The molecular weight excluding hydrogens is 416 g/mol. The Hall–Kier alpha value is -3.33. The van der Waals surface area contributed by atoms with Crippen LogP contribution in [0, 0.1) is 0 Å². The summed E-state index contributed by atoms with van der Waals surface area (Å²) in [7, 11) is 1.54. The summed E-state index contributed by atoms with van der Waals surface area (Å²) in [4.78, 5) is 38.2. The van der Waals surface area contributed by atoms with Gasteiger partial charge in [0.25, 0.3) is 5.91 Å². The quantitative estimate of drug-likeness (QED) is 0.792. The van der Waals surface area contributed by atoms with Crippen LogP contribution in [0.1, 0.15) is 25.0 Å². The topological polar surface area (TPSA) is 91.3 Å². The van der Waals surface area contributed by atoms with Gasteiger partial charge in [0.1, 0.15) is 5.75 Å². The average molecular weight is 439 g/mol. The van der Waals surface area contributed by atoms with Crippen LogP contribution in [-0.2, 0) is 25.7 Å². The number of anilines is 1. The second-order valence-electron chi connectivity index (χ2n) is 7.24. The van der Waals surface area contributed by atoms with Gasteiger partial charge in [-0.1, -0.05) is 30.3 Å². The van der Waals surface area contributed by atoms with Crippen LogP contribution in [0.15, 0.2) is 53.6 Å². The zero-order valence-corrected chi connectivity index (χ0v) is 18.2. The summed E-state index contributed by atoms with van der Waals surface area (Å²) >= 11 is 1.06. The summed E-state index contributed by atoms with van der Waals surface area (Å²) in [6.45, 7) is 3.14. The SMILES string of the molecule is COc1ccc2c(c1)[C@@]1(SC(NC(C)=O)=NN1C(C)=O)C(=O)N2CCc1ccccc1. The number of carbonyl (C=O) groups excluding carboxylic acids is 3. The molecule has 2 aliphatic rings. The number of hydrogen-bond donors (Lipinski definition) is 1. The zero-order valence-electron chi connectivity index (χ0n) is 17.4. The van der Waals surface area contributed by atoms with Gasteiger partial charge in [0.15, 0.2) is 5.17 Å². The number of amides is 3. The first-order valence-corrected chi connectivity index (χ1v) is 10.6. The molecule has 1 N–H and O–H groups in total. The van der Waals surface area contributed by atoms with Gasteiger partial charge >= 0.3 is 0 Å². The van der Waals surface area contributed by atoms with Crippen molar-refractivity contribution < 1.29 is 19.1 Å². The highest BCUT2D eigenvalue weighted by Crippen LogP contribution is 2.55. The van der Waals surface area contributed by atoms with Crippen LogP contribution in [-0.4, -0.2) is 41.6 Å². The third-order valence-corrected chi connectivity index (χ3v) is 6.42. The lowest BCUT2D eigenvalue weighted by molar-refractivity contribution is -0.139. The second-order valence-corrected chi connectivity index (χ2v) is 8.42. The molecule has 0 fully saturated rings. The summed E-state index contributed by atoms with van der Waals surface area (Å²) < 4.78 is 5.38. The van der Waals surface area contributed by atoms with Crippen LogP contribution in [0.2, 0.25) is 0 Å². The van der Waals surface area contributed by atoms with E-state index in [4.69, 9.17) is 4.74 Å². The highest BCUT2D eigenvalue weighted by molar-refractivity contribution is 8.15. The van der Waals surface area contributed by atoms with E-state index in [1.54, 1.807) is 24.1 Å². The molecule has 1 spiro atoms. The highest BCUT2D eigenvalue weighted by atomic mass is 32.2. The van der Waals surface area contributed by atoms with E-state index in [0.29, 0.717) is 30.0 Å². The molecule has 2 aromatic carbocycles. The minimum atomic E-state index is -1.43. The molecule has 0 radical (unpaired) electrons. The molecule has 2 aliphatic heterocycles. The molecule has 0 unspecified atom stereocenters. The standard InChI is InChI=1S/C22H22N4O4S/c1-14(27)23-21-24-26(15(2)28)22(31-21)18-13-17(30-3)9-10-19(18)25(20(22)29)12-11-16-7-5-4-6-8-16/h4-10,13H,11-12H2,1-3H3,(H,23,24,27)/t22-/m1/s1. The molecule has 0 aliphatic carbocycles. The molecular formula is C22H22N4O4S. The molecule has 3 amide bonds. The van der Waals surface area contributed by atoms with E-state index in [2.05, 4.69) is 10.4 Å². The van der Waals surface area contributed by atoms with Gasteiger partial charge in [0, 0.05) is 26.0 Å². The van der Waals surface area contributed by atoms with Gasteiger partial charge in [-0.15, -0.1) is 5.10 Å². The lowest BCUT2D eigenvalue weighted by atomic mass is 10.1. The molecule has 0 bridgehead atoms. The van der Waals surface area contributed by atoms with E-state index < -0.39 is 10.8 Å². The fourth-order valence-corrected chi connectivity index (χ4v) is 5.15. The molecule has 2 heterocycles. The maximum atomic E-state index is 13.8. The first kappa shape index (κ1) is 20.9. The normalized spacial score (nSPS) is 19.5. The number of nitrogens with one attached hydrogen (secondary N) is 1. The number of thioether (sulfide) groups is 1. The number of fused-ring (bicyclic) bond motifs is 2. The lowest BCUT2D eigenvalue weighted by Gasteiger charge is -2.29. The van der Waals surface area contributed by atoms with Crippen molar-refractivity contribution in [2.45, 2.75) is 25.1 Å². The Morgan fingerprint density at radius 3 is 2.55 bits per heavy atom. The van der Waals surface area contributed by atoms with Crippen LogP contribution >= 0.6 is 11.8 Å². The number of hydrogen-bond acceptors (Lipinski definition) is 6. The van der Waals surface area contributed by atoms with Gasteiger partial charge < -0.3 is 15.0 Å². The molecule has 4 rings (SSSR count). The highest BCUT2D eigenvalue weighted by Gasteiger charge is 2.61. The molecule has 2 aromatic rings. The summed E-state index contributed by atoms with van der Waals surface area (Å²) in [5, 5.41) is 8.23. The number of methoxy groups -OCH3 is 1. The van der Waals surface area contributed by atoms with Crippen molar-refractivity contribution in [3.8, 4) is 5.75 Å². The van der Waals surface area contributed by atoms with Crippen molar-refractivity contribution in [3.63, 3.8) is 0 Å². The number of ether oxygens (including phenoxy) is 1. The number of amidine groups is 1. The third-order valence-electron chi connectivity index (χ3n) is 5.18. The Morgan fingerprint density at radius 2 is 1.90 bits per heavy atom. The summed E-state index contributed by atoms with van der Waals surface area (Å²) in [5.74, 6) is -0.451. The van der Waals surface area contributed by atoms with E-state index in [-0.39, 0.29) is 17.0 Å². The van der Waals surface area contributed by atoms with Gasteiger partial charge in [-0.25, -0.2) is 0 Å². The maximum Gasteiger partial charge on any atom is 0.270 e.